The van der Waals surface area contributed by atoms with Gasteiger partial charge in [0, 0.05) is 0 Å². The topological polar surface area (TPSA) is 153 Å². The SMILES string of the molecule is N/C=N/C(P(=O)(O)O)P(=O)(O)O. The fourth-order valence-corrected chi connectivity index (χ4v) is 2.52. The largest absolute Gasteiger partial charge is 0.390 e. The van der Waals surface area contributed by atoms with E-state index < -0.39 is 20.7 Å². The molecular weight excluding hydrogens is 210 g/mol. The lowest BCUT2D eigenvalue weighted by atomic mass is 11.2. The average molecular weight is 218 g/mol. The summed E-state index contributed by atoms with van der Waals surface area (Å²) in [6, 6.07) is 0. The molecule has 0 aliphatic rings. The smallest absolute Gasteiger partial charge is 0.362 e. The average Bonchev–Trinajstić information content (AvgIpc) is 1.77. The first kappa shape index (κ1) is 11.8. The van der Waals surface area contributed by atoms with Crippen LogP contribution in [-0.4, -0.2) is 31.4 Å². The van der Waals surface area contributed by atoms with Gasteiger partial charge in [-0.25, -0.2) is 4.99 Å². The van der Waals surface area contributed by atoms with E-state index in [9.17, 15) is 9.13 Å². The van der Waals surface area contributed by atoms with Crippen LogP contribution in [0.3, 0.4) is 0 Å². The summed E-state index contributed by atoms with van der Waals surface area (Å²) < 4.78 is 20.8. The third-order valence-electron chi connectivity index (χ3n) is 0.821. The van der Waals surface area contributed by atoms with E-state index in [1.165, 1.54) is 0 Å². The minimum Gasteiger partial charge on any atom is -0.390 e. The quantitative estimate of drug-likeness (QED) is 0.222. The number of aliphatic imine (C=N–C) groups is 1. The van der Waals surface area contributed by atoms with Gasteiger partial charge >= 0.3 is 15.2 Å². The zero-order chi connectivity index (χ0) is 9.99. The Morgan fingerprint density at radius 1 is 1.17 bits per heavy atom. The lowest BCUT2D eigenvalue weighted by molar-refractivity contribution is 0.340. The maximum absolute atomic E-state index is 10.4. The van der Waals surface area contributed by atoms with Gasteiger partial charge in [-0.2, -0.15) is 0 Å². The molecule has 12 heavy (non-hydrogen) atoms. The Labute approximate surface area is 67.4 Å². The molecule has 0 amide bonds. The number of rotatable bonds is 3. The van der Waals surface area contributed by atoms with Crippen molar-refractivity contribution in [2.45, 2.75) is 5.52 Å². The summed E-state index contributed by atoms with van der Waals surface area (Å²) in [5.74, 6) is 0. The molecule has 72 valence electrons. The van der Waals surface area contributed by atoms with Gasteiger partial charge in [-0.3, -0.25) is 9.13 Å². The standard InChI is InChI=1S/C2H8N2O6P2/c3-1-4-2(11(5,6)7)12(8,9)10/h1-2H,(H2,3,4)(H2,5,6,7)(H2,8,9,10). The van der Waals surface area contributed by atoms with Gasteiger partial charge in [-0.1, -0.05) is 0 Å². The summed E-state index contributed by atoms with van der Waals surface area (Å²) in [5.41, 5.74) is 2.25. The Balaban J connectivity index is 4.96. The molecule has 0 rings (SSSR count). The molecule has 0 aromatic carbocycles. The van der Waals surface area contributed by atoms with Crippen LogP contribution in [0.4, 0.5) is 0 Å². The second-order valence-electron chi connectivity index (χ2n) is 1.82. The van der Waals surface area contributed by atoms with Crippen molar-refractivity contribution in [1.82, 2.24) is 0 Å². The molecule has 0 spiro atoms. The molecule has 0 saturated heterocycles. The van der Waals surface area contributed by atoms with Gasteiger partial charge in [-0.05, 0) is 0 Å². The zero-order valence-electron chi connectivity index (χ0n) is 5.68. The van der Waals surface area contributed by atoms with E-state index in [0.717, 1.165) is 0 Å². The highest BCUT2D eigenvalue weighted by molar-refractivity contribution is 7.70. The van der Waals surface area contributed by atoms with E-state index in [1.54, 1.807) is 0 Å². The molecule has 10 heteroatoms. The maximum atomic E-state index is 10.4. The van der Waals surface area contributed by atoms with Gasteiger partial charge in [0.1, 0.15) is 0 Å². The summed E-state index contributed by atoms with van der Waals surface area (Å²) in [4.78, 5) is 36.4. The van der Waals surface area contributed by atoms with Crippen molar-refractivity contribution in [3.05, 3.63) is 0 Å². The van der Waals surface area contributed by atoms with E-state index in [-0.39, 0.29) is 0 Å². The molecule has 6 N–H and O–H groups in total. The maximum Gasteiger partial charge on any atom is 0.362 e. The molecule has 0 heterocycles. The molecule has 0 aromatic rings. The van der Waals surface area contributed by atoms with Crippen molar-refractivity contribution in [1.29, 1.82) is 0 Å². The lowest BCUT2D eigenvalue weighted by Crippen LogP contribution is -2.08. The predicted molar refractivity (Wildman–Crippen MR) is 40.6 cm³/mol. The Kier molecular flexibility index (Phi) is 3.59. The second kappa shape index (κ2) is 3.66. The highest BCUT2D eigenvalue weighted by Crippen LogP contribution is 2.60. The van der Waals surface area contributed by atoms with Crippen LogP contribution in [0, 0.1) is 0 Å². The number of hydrogen-bond donors (Lipinski definition) is 5. The van der Waals surface area contributed by atoms with Gasteiger partial charge in [0.25, 0.3) is 5.52 Å². The molecule has 0 unspecified atom stereocenters. The second-order valence-corrected chi connectivity index (χ2v) is 5.56. The predicted octanol–water partition coefficient (Wildman–Crippen LogP) is -1.39. The summed E-state index contributed by atoms with van der Waals surface area (Å²) in [6.45, 7) is 0. The van der Waals surface area contributed by atoms with Crippen LogP contribution in [-0.2, 0) is 9.13 Å². The van der Waals surface area contributed by atoms with Crippen LogP contribution in [0.15, 0.2) is 4.99 Å². The summed E-state index contributed by atoms with van der Waals surface area (Å²) in [7, 11) is -9.91. The minimum absolute atomic E-state index is 0.433. The van der Waals surface area contributed by atoms with Crippen LogP contribution in [0.25, 0.3) is 0 Å². The third kappa shape index (κ3) is 3.44. The highest BCUT2D eigenvalue weighted by atomic mass is 31.2. The van der Waals surface area contributed by atoms with Crippen molar-refractivity contribution in [3.63, 3.8) is 0 Å². The van der Waals surface area contributed by atoms with Gasteiger partial charge in [0.05, 0.1) is 6.34 Å². The highest BCUT2D eigenvalue weighted by Gasteiger charge is 2.42. The first-order valence-electron chi connectivity index (χ1n) is 2.53. The molecule has 0 fully saturated rings. The van der Waals surface area contributed by atoms with E-state index in [2.05, 4.69) is 10.7 Å². The molecule has 0 aromatic heterocycles. The van der Waals surface area contributed by atoms with Gasteiger partial charge in [0.15, 0.2) is 0 Å². The van der Waals surface area contributed by atoms with E-state index in [1.807, 2.05) is 0 Å². The van der Waals surface area contributed by atoms with Crippen molar-refractivity contribution in [2.24, 2.45) is 10.7 Å². The first-order valence-corrected chi connectivity index (χ1v) is 5.89. The number of nitrogens with zero attached hydrogens (tertiary/aromatic N) is 1. The third-order valence-corrected chi connectivity index (χ3v) is 4.10. The van der Waals surface area contributed by atoms with Gasteiger partial charge < -0.3 is 25.3 Å². The Bertz CT molecular complexity index is 241. The van der Waals surface area contributed by atoms with Crippen molar-refractivity contribution in [3.8, 4) is 0 Å². The Morgan fingerprint density at radius 3 is 1.58 bits per heavy atom. The molecule has 0 saturated carbocycles. The van der Waals surface area contributed by atoms with Crippen molar-refractivity contribution < 1.29 is 28.7 Å². The Morgan fingerprint density at radius 2 is 1.50 bits per heavy atom. The minimum atomic E-state index is -4.95. The van der Waals surface area contributed by atoms with Crippen LogP contribution in [0.5, 0.6) is 0 Å². The van der Waals surface area contributed by atoms with Crippen molar-refractivity contribution >= 4 is 21.5 Å². The molecule has 8 nitrogen and oxygen atoms in total. The van der Waals surface area contributed by atoms with Crippen LogP contribution >= 0.6 is 15.2 Å². The first-order chi connectivity index (χ1) is 5.19. The van der Waals surface area contributed by atoms with Crippen LogP contribution in [0.2, 0.25) is 0 Å². The molecule has 0 radical (unpaired) electrons. The monoisotopic (exact) mass is 218 g/mol. The van der Waals surface area contributed by atoms with Gasteiger partial charge in [0.2, 0.25) is 0 Å². The molecule has 0 bridgehead atoms. The molecule has 0 aliphatic carbocycles. The summed E-state index contributed by atoms with van der Waals surface area (Å²) in [6.07, 6.45) is 0.433. The summed E-state index contributed by atoms with van der Waals surface area (Å²) in [5, 5.41) is 0. The van der Waals surface area contributed by atoms with Gasteiger partial charge in [-0.15, -0.1) is 0 Å². The number of hydrogen-bond acceptors (Lipinski definition) is 3. The fraction of sp³-hybridized carbons (Fsp3) is 0.500. The molecule has 0 atom stereocenters. The van der Waals surface area contributed by atoms with E-state index >= 15 is 0 Å². The van der Waals surface area contributed by atoms with E-state index in [4.69, 9.17) is 19.6 Å². The Hall–Kier alpha value is -0.230. The lowest BCUT2D eigenvalue weighted by Gasteiger charge is -2.14. The number of nitrogens with two attached hydrogens (primary N) is 1. The van der Waals surface area contributed by atoms with Crippen LogP contribution < -0.4 is 5.73 Å². The van der Waals surface area contributed by atoms with E-state index in [0.29, 0.717) is 6.34 Å². The van der Waals surface area contributed by atoms with Crippen molar-refractivity contribution in [2.75, 3.05) is 0 Å². The molecular formula is C2H8N2O6P2. The fourth-order valence-electron chi connectivity index (χ4n) is 0.447. The molecule has 0 aliphatic heterocycles. The normalized spacial score (nSPS) is 14.4. The zero-order valence-corrected chi connectivity index (χ0v) is 7.47. The van der Waals surface area contributed by atoms with Crippen LogP contribution in [0.1, 0.15) is 0 Å². The summed E-state index contributed by atoms with van der Waals surface area (Å²) >= 11 is 0.